The van der Waals surface area contributed by atoms with E-state index in [1.165, 1.54) is 0 Å². The summed E-state index contributed by atoms with van der Waals surface area (Å²) in [4.78, 5) is 22.4. The first kappa shape index (κ1) is 22.7. The number of nitrogens with two attached hydrogens (primary N) is 1. The van der Waals surface area contributed by atoms with Crippen LogP contribution in [0.15, 0.2) is 48.5 Å². The third-order valence-corrected chi connectivity index (χ3v) is 5.92. The Balaban J connectivity index is 1.61. The number of para-hydroxylation sites is 1. The van der Waals surface area contributed by atoms with E-state index in [0.29, 0.717) is 25.2 Å². The fraction of sp³-hybridized carbons (Fsp3) is 0.346. The molecule has 0 fully saturated rings. The number of hydrogen-bond acceptors (Lipinski definition) is 5. The van der Waals surface area contributed by atoms with Crippen LogP contribution in [-0.4, -0.2) is 40.6 Å². The molecule has 0 saturated heterocycles. The van der Waals surface area contributed by atoms with E-state index in [-0.39, 0.29) is 5.91 Å². The zero-order chi connectivity index (χ0) is 23.2. The number of unbranched alkanes of at least 4 members (excludes halogenated alkanes) is 1. The van der Waals surface area contributed by atoms with E-state index in [1.807, 2.05) is 49.5 Å². The van der Waals surface area contributed by atoms with Crippen molar-refractivity contribution in [2.45, 2.75) is 39.2 Å². The lowest BCUT2D eigenvalue weighted by atomic mass is 10.1. The minimum absolute atomic E-state index is 0.0729. The molecule has 2 aromatic heterocycles. The molecule has 0 bridgehead atoms. The minimum Gasteiger partial charge on any atom is -0.371 e. The van der Waals surface area contributed by atoms with Crippen LogP contribution in [0.3, 0.4) is 0 Å². The third-order valence-electron chi connectivity index (χ3n) is 5.92. The van der Waals surface area contributed by atoms with Crippen LogP contribution in [0.25, 0.3) is 21.9 Å². The molecule has 2 aromatic carbocycles. The maximum absolute atomic E-state index is 12.7. The van der Waals surface area contributed by atoms with Gasteiger partial charge in [0.2, 0.25) is 0 Å². The molecule has 0 saturated carbocycles. The predicted molar refractivity (Wildman–Crippen MR) is 135 cm³/mol. The van der Waals surface area contributed by atoms with Gasteiger partial charge in [-0.2, -0.15) is 0 Å². The maximum Gasteiger partial charge on any atom is 0.251 e. The molecule has 0 aliphatic rings. The Bertz CT molecular complexity index is 1250. The summed E-state index contributed by atoms with van der Waals surface area (Å²) in [6.07, 6.45) is 3.86. The maximum atomic E-state index is 12.7. The van der Waals surface area contributed by atoms with Gasteiger partial charge in [0.1, 0.15) is 11.3 Å². The highest BCUT2D eigenvalue weighted by Crippen LogP contribution is 2.30. The number of benzene rings is 2. The summed E-state index contributed by atoms with van der Waals surface area (Å²) in [7, 11) is 1.88. The summed E-state index contributed by atoms with van der Waals surface area (Å²) in [5, 5.41) is 7.35. The van der Waals surface area contributed by atoms with Crippen LogP contribution in [0.1, 0.15) is 41.5 Å². The minimum atomic E-state index is -0.0729. The topological polar surface area (TPSA) is 97.9 Å². The van der Waals surface area contributed by atoms with Gasteiger partial charge in [-0.05, 0) is 43.1 Å². The van der Waals surface area contributed by atoms with E-state index in [9.17, 15) is 4.79 Å². The SMILES string of the molecule is CCCCc1nc2c(NC)nc3ccccc3c2n1CCNC(=O)c1ccc(CCN)cc1. The molecule has 7 nitrogen and oxygen atoms in total. The number of aryl methyl sites for hydroxylation is 1. The standard InChI is InChI=1S/C26H32N6O/c1-3-4-9-22-31-23-24(20-7-5-6-8-21(20)30-25(23)28-2)32(22)17-16-29-26(33)19-12-10-18(11-13-19)14-15-27/h5-8,10-13H,3-4,9,14-17,27H2,1-2H3,(H,28,30)(H,29,33). The lowest BCUT2D eigenvalue weighted by Gasteiger charge is -2.12. The van der Waals surface area contributed by atoms with Crippen molar-refractivity contribution in [1.29, 1.82) is 0 Å². The number of nitrogens with zero attached hydrogens (tertiary/aromatic N) is 3. The molecular formula is C26H32N6O. The summed E-state index contributed by atoms with van der Waals surface area (Å²) in [5.41, 5.74) is 10.3. The van der Waals surface area contributed by atoms with Crippen LogP contribution < -0.4 is 16.4 Å². The van der Waals surface area contributed by atoms with Gasteiger partial charge in [-0.15, -0.1) is 0 Å². The van der Waals surface area contributed by atoms with Crippen molar-refractivity contribution >= 4 is 33.7 Å². The highest BCUT2D eigenvalue weighted by Gasteiger charge is 2.18. The van der Waals surface area contributed by atoms with E-state index in [2.05, 4.69) is 28.2 Å². The molecule has 2 heterocycles. The first-order valence-electron chi connectivity index (χ1n) is 11.7. The van der Waals surface area contributed by atoms with Crippen molar-refractivity contribution < 1.29 is 4.79 Å². The second kappa shape index (κ2) is 10.4. The summed E-state index contributed by atoms with van der Waals surface area (Å²) in [6, 6.07) is 15.8. The van der Waals surface area contributed by atoms with E-state index < -0.39 is 0 Å². The molecule has 0 aliphatic heterocycles. The zero-order valence-corrected chi connectivity index (χ0v) is 19.4. The molecule has 0 unspecified atom stereocenters. The van der Waals surface area contributed by atoms with Crippen LogP contribution in [0.2, 0.25) is 0 Å². The number of nitrogens with one attached hydrogen (secondary N) is 2. The van der Waals surface area contributed by atoms with Crippen molar-refractivity contribution in [3.63, 3.8) is 0 Å². The van der Waals surface area contributed by atoms with Crippen LogP contribution in [-0.2, 0) is 19.4 Å². The van der Waals surface area contributed by atoms with Gasteiger partial charge in [0.05, 0.1) is 11.0 Å². The average Bonchev–Trinajstić information content (AvgIpc) is 3.21. The molecule has 0 atom stereocenters. The number of hydrogen-bond donors (Lipinski definition) is 3. The number of amides is 1. The number of carbonyl (C=O) groups is 1. The molecule has 172 valence electrons. The fourth-order valence-corrected chi connectivity index (χ4v) is 4.20. The Morgan fingerprint density at radius 1 is 1.06 bits per heavy atom. The monoisotopic (exact) mass is 444 g/mol. The van der Waals surface area contributed by atoms with Gasteiger partial charge in [-0.3, -0.25) is 4.79 Å². The molecule has 4 rings (SSSR count). The molecule has 0 spiro atoms. The average molecular weight is 445 g/mol. The second-order valence-corrected chi connectivity index (χ2v) is 8.20. The largest absolute Gasteiger partial charge is 0.371 e. The Kier molecular flexibility index (Phi) is 7.19. The lowest BCUT2D eigenvalue weighted by Crippen LogP contribution is -2.27. The smallest absolute Gasteiger partial charge is 0.251 e. The highest BCUT2D eigenvalue weighted by atomic mass is 16.1. The third kappa shape index (κ3) is 4.83. The van der Waals surface area contributed by atoms with Crippen molar-refractivity contribution in [2.24, 2.45) is 5.73 Å². The molecule has 33 heavy (non-hydrogen) atoms. The number of aromatic nitrogens is 3. The summed E-state index contributed by atoms with van der Waals surface area (Å²) < 4.78 is 2.25. The van der Waals surface area contributed by atoms with E-state index in [1.54, 1.807) is 0 Å². The molecule has 1 amide bonds. The molecular weight excluding hydrogens is 412 g/mol. The summed E-state index contributed by atoms with van der Waals surface area (Å²) in [5.74, 6) is 1.74. The Morgan fingerprint density at radius 3 is 2.58 bits per heavy atom. The summed E-state index contributed by atoms with van der Waals surface area (Å²) >= 11 is 0. The number of pyridine rings is 1. The Morgan fingerprint density at radius 2 is 1.85 bits per heavy atom. The van der Waals surface area contributed by atoms with Crippen molar-refractivity contribution in [3.8, 4) is 0 Å². The number of anilines is 1. The van der Waals surface area contributed by atoms with Gasteiger partial charge in [-0.25, -0.2) is 9.97 Å². The molecule has 4 N–H and O–H groups in total. The van der Waals surface area contributed by atoms with Gasteiger partial charge < -0.3 is 20.9 Å². The van der Waals surface area contributed by atoms with Crippen molar-refractivity contribution in [3.05, 3.63) is 65.5 Å². The van der Waals surface area contributed by atoms with Gasteiger partial charge in [-0.1, -0.05) is 43.7 Å². The molecule has 7 heteroatoms. The molecule has 0 radical (unpaired) electrons. The molecule has 0 aliphatic carbocycles. The van der Waals surface area contributed by atoms with Crippen LogP contribution in [0.4, 0.5) is 5.82 Å². The van der Waals surface area contributed by atoms with Gasteiger partial charge >= 0.3 is 0 Å². The van der Waals surface area contributed by atoms with Crippen molar-refractivity contribution in [1.82, 2.24) is 19.9 Å². The van der Waals surface area contributed by atoms with E-state index >= 15 is 0 Å². The van der Waals surface area contributed by atoms with Gasteiger partial charge in [0, 0.05) is 37.5 Å². The van der Waals surface area contributed by atoms with Gasteiger partial charge in [0.15, 0.2) is 5.82 Å². The number of fused-ring (bicyclic) bond motifs is 3. The Labute approximate surface area is 194 Å². The van der Waals surface area contributed by atoms with Crippen LogP contribution >= 0.6 is 0 Å². The number of carbonyl (C=O) groups excluding carboxylic acids is 1. The predicted octanol–water partition coefficient (Wildman–Crippen LogP) is 3.90. The zero-order valence-electron chi connectivity index (χ0n) is 19.4. The quantitative estimate of drug-likeness (QED) is 0.345. The first-order chi connectivity index (χ1) is 16.2. The first-order valence-corrected chi connectivity index (χ1v) is 11.7. The number of imidazole rings is 1. The van der Waals surface area contributed by atoms with Gasteiger partial charge in [0.25, 0.3) is 5.91 Å². The number of rotatable bonds is 10. The van der Waals surface area contributed by atoms with Crippen LogP contribution in [0.5, 0.6) is 0 Å². The van der Waals surface area contributed by atoms with E-state index in [4.69, 9.17) is 15.7 Å². The second-order valence-electron chi connectivity index (χ2n) is 8.20. The highest BCUT2D eigenvalue weighted by molar-refractivity contribution is 6.07. The molecule has 4 aromatic rings. The normalized spacial score (nSPS) is 11.2. The summed E-state index contributed by atoms with van der Waals surface area (Å²) in [6.45, 7) is 3.94. The van der Waals surface area contributed by atoms with Crippen molar-refractivity contribution in [2.75, 3.05) is 25.5 Å². The fourth-order valence-electron chi connectivity index (χ4n) is 4.20. The van der Waals surface area contributed by atoms with Crippen LogP contribution in [0, 0.1) is 0 Å². The Hall–Kier alpha value is -3.45. The van der Waals surface area contributed by atoms with E-state index in [0.717, 1.165) is 64.8 Å². The lowest BCUT2D eigenvalue weighted by molar-refractivity contribution is 0.0952.